The van der Waals surface area contributed by atoms with E-state index in [4.69, 9.17) is 11.6 Å². The van der Waals surface area contributed by atoms with Gasteiger partial charge in [0.25, 0.3) is 0 Å². The molecule has 0 radical (unpaired) electrons. The summed E-state index contributed by atoms with van der Waals surface area (Å²) in [6.45, 7) is 7.35. The maximum absolute atomic E-state index is 5.93. The molecule has 0 unspecified atom stereocenters. The molecule has 3 heteroatoms. The molecule has 0 aromatic rings. The Kier molecular flexibility index (Phi) is 5.18. The van der Waals surface area contributed by atoms with Crippen LogP contribution in [0.2, 0.25) is 0 Å². The fourth-order valence-electron chi connectivity index (χ4n) is 0.492. The Morgan fingerprint density at radius 2 is 2.00 bits per heavy atom. The van der Waals surface area contributed by atoms with Crippen molar-refractivity contribution in [3.05, 3.63) is 0 Å². The van der Waals surface area contributed by atoms with E-state index in [-0.39, 0.29) is 4.87 Å². The third-order valence-corrected chi connectivity index (χ3v) is 1.31. The van der Waals surface area contributed by atoms with Gasteiger partial charge in [-0.3, -0.25) is 0 Å². The number of hydrogen-bond acceptors (Lipinski definition) is 2. The average Bonchev–Trinajstić information content (AvgIpc) is 1.85. The molecular weight excluding hydrogens is 160 g/mol. The van der Waals surface area contributed by atoms with Gasteiger partial charge in [0.15, 0.2) is 0 Å². The van der Waals surface area contributed by atoms with Gasteiger partial charge in [-0.15, -0.1) is 11.6 Å². The van der Waals surface area contributed by atoms with E-state index in [1.54, 1.807) is 0 Å². The fourth-order valence-corrected chi connectivity index (χ4v) is 0.577. The van der Waals surface area contributed by atoms with Crippen LogP contribution in [0.1, 0.15) is 27.2 Å². The molecule has 0 aliphatic carbocycles. The number of aliphatic imine (C=N–C) groups is 2. The molecule has 0 atom stereocenters. The van der Waals surface area contributed by atoms with Crippen molar-refractivity contribution in [1.82, 2.24) is 0 Å². The molecular formula is C8H15ClN2. The maximum Gasteiger partial charge on any atom is 0.0892 e. The molecule has 0 aliphatic rings. The molecule has 0 spiro atoms. The van der Waals surface area contributed by atoms with Crippen LogP contribution in [-0.2, 0) is 0 Å². The number of alkyl halides is 1. The standard InChI is InChI=1S/C8H15ClN2/c1-4-10-7-11-6-5-8(2,3)9/h4-6H2,1-3H3. The van der Waals surface area contributed by atoms with Crippen LogP contribution < -0.4 is 0 Å². The summed E-state index contributed by atoms with van der Waals surface area (Å²) in [5.41, 5.74) is 0. The summed E-state index contributed by atoms with van der Waals surface area (Å²) in [5.74, 6) is 0. The van der Waals surface area contributed by atoms with Gasteiger partial charge in [0.1, 0.15) is 0 Å². The van der Waals surface area contributed by atoms with Gasteiger partial charge < -0.3 is 0 Å². The van der Waals surface area contributed by atoms with Crippen molar-refractivity contribution in [3.63, 3.8) is 0 Å². The van der Waals surface area contributed by atoms with E-state index in [0.717, 1.165) is 13.0 Å². The highest BCUT2D eigenvalue weighted by Crippen LogP contribution is 2.16. The van der Waals surface area contributed by atoms with Gasteiger partial charge in [-0.05, 0) is 27.2 Å². The molecule has 0 heterocycles. The molecule has 0 bridgehead atoms. The van der Waals surface area contributed by atoms with Crippen molar-refractivity contribution in [2.45, 2.75) is 32.1 Å². The lowest BCUT2D eigenvalue weighted by Crippen LogP contribution is -2.10. The molecule has 0 saturated carbocycles. The second kappa shape index (κ2) is 5.34. The Hall–Kier alpha value is -0.330. The minimum absolute atomic E-state index is 0.155. The number of nitrogens with zero attached hydrogens (tertiary/aromatic N) is 2. The van der Waals surface area contributed by atoms with Crippen LogP contribution in [0.15, 0.2) is 9.98 Å². The summed E-state index contributed by atoms with van der Waals surface area (Å²) in [7, 11) is 0. The predicted molar refractivity (Wildman–Crippen MR) is 49.8 cm³/mol. The van der Waals surface area contributed by atoms with Gasteiger partial charge in [-0.2, -0.15) is 0 Å². The van der Waals surface area contributed by atoms with Crippen molar-refractivity contribution in [3.8, 4) is 0 Å². The first-order chi connectivity index (χ1) is 5.06. The van der Waals surface area contributed by atoms with E-state index in [9.17, 15) is 0 Å². The average molecular weight is 175 g/mol. The molecule has 0 amide bonds. The van der Waals surface area contributed by atoms with E-state index in [1.807, 2.05) is 20.8 Å². The van der Waals surface area contributed by atoms with Crippen molar-refractivity contribution < 1.29 is 0 Å². The molecule has 0 saturated heterocycles. The third-order valence-electron chi connectivity index (χ3n) is 1.12. The SMILES string of the molecule is CCN=C=NCCC(C)(C)Cl. The van der Waals surface area contributed by atoms with Crippen LogP contribution in [0.25, 0.3) is 0 Å². The van der Waals surface area contributed by atoms with Crippen LogP contribution in [0.3, 0.4) is 0 Å². The first-order valence-corrected chi connectivity index (χ1v) is 4.21. The second-order valence-electron chi connectivity index (χ2n) is 2.92. The Morgan fingerprint density at radius 1 is 1.36 bits per heavy atom. The topological polar surface area (TPSA) is 24.7 Å². The van der Waals surface area contributed by atoms with Crippen LogP contribution in [-0.4, -0.2) is 24.0 Å². The lowest BCUT2D eigenvalue weighted by atomic mass is 10.1. The minimum atomic E-state index is -0.155. The largest absolute Gasteiger partial charge is 0.226 e. The highest BCUT2D eigenvalue weighted by Gasteiger charge is 2.10. The molecule has 0 aromatic carbocycles. The third kappa shape index (κ3) is 9.67. The summed E-state index contributed by atoms with van der Waals surface area (Å²) in [6, 6.07) is 2.60. The molecule has 64 valence electrons. The van der Waals surface area contributed by atoms with Gasteiger partial charge in [0.05, 0.1) is 12.6 Å². The Balaban J connectivity index is 3.50. The van der Waals surface area contributed by atoms with Gasteiger partial charge in [-0.1, -0.05) is 0 Å². The van der Waals surface area contributed by atoms with Gasteiger partial charge in [0.2, 0.25) is 0 Å². The zero-order valence-corrected chi connectivity index (χ0v) is 8.15. The number of rotatable bonds is 4. The van der Waals surface area contributed by atoms with Crippen molar-refractivity contribution >= 4 is 17.6 Å². The summed E-state index contributed by atoms with van der Waals surface area (Å²) in [5, 5.41) is 0. The monoisotopic (exact) mass is 174 g/mol. The lowest BCUT2D eigenvalue weighted by Gasteiger charge is -2.11. The Bertz CT molecular complexity index is 152. The summed E-state index contributed by atoms with van der Waals surface area (Å²) in [6.07, 6.45) is 0.862. The molecule has 0 aromatic heterocycles. The quantitative estimate of drug-likeness (QED) is 0.463. The summed E-state index contributed by atoms with van der Waals surface area (Å²) >= 11 is 5.93. The van der Waals surface area contributed by atoms with E-state index < -0.39 is 0 Å². The molecule has 2 nitrogen and oxygen atoms in total. The van der Waals surface area contributed by atoms with Crippen LogP contribution >= 0.6 is 11.6 Å². The van der Waals surface area contributed by atoms with Gasteiger partial charge in [0, 0.05) is 11.4 Å². The minimum Gasteiger partial charge on any atom is -0.226 e. The van der Waals surface area contributed by atoms with Crippen LogP contribution in [0, 0.1) is 0 Å². The first kappa shape index (κ1) is 10.7. The second-order valence-corrected chi connectivity index (χ2v) is 3.95. The molecule has 0 fully saturated rings. The predicted octanol–water partition coefficient (Wildman–Crippen LogP) is 2.59. The number of hydrogen-bond donors (Lipinski definition) is 0. The lowest BCUT2D eigenvalue weighted by molar-refractivity contribution is 0.639. The molecule has 0 rings (SSSR count). The fraction of sp³-hybridized carbons (Fsp3) is 0.875. The van der Waals surface area contributed by atoms with E-state index in [2.05, 4.69) is 16.0 Å². The summed E-state index contributed by atoms with van der Waals surface area (Å²) in [4.78, 5) is 7.62. The van der Waals surface area contributed by atoms with E-state index in [1.165, 1.54) is 0 Å². The molecule has 0 N–H and O–H groups in total. The van der Waals surface area contributed by atoms with Crippen molar-refractivity contribution in [2.24, 2.45) is 9.98 Å². The molecule has 0 aliphatic heterocycles. The normalized spacial score (nSPS) is 10.5. The smallest absolute Gasteiger partial charge is 0.0892 e. The first-order valence-electron chi connectivity index (χ1n) is 3.83. The van der Waals surface area contributed by atoms with Gasteiger partial charge in [-0.25, -0.2) is 9.98 Å². The van der Waals surface area contributed by atoms with Crippen LogP contribution in [0.4, 0.5) is 0 Å². The zero-order valence-electron chi connectivity index (χ0n) is 7.39. The number of halogens is 1. The van der Waals surface area contributed by atoms with Gasteiger partial charge >= 0.3 is 0 Å². The van der Waals surface area contributed by atoms with Crippen molar-refractivity contribution in [1.29, 1.82) is 0 Å². The highest BCUT2D eigenvalue weighted by molar-refractivity contribution is 6.23. The molecule has 11 heavy (non-hydrogen) atoms. The van der Waals surface area contributed by atoms with E-state index in [0.29, 0.717) is 6.54 Å². The summed E-state index contributed by atoms with van der Waals surface area (Å²) < 4.78 is 0. The zero-order chi connectivity index (χ0) is 8.74. The Labute approximate surface area is 73.4 Å². The Morgan fingerprint density at radius 3 is 2.45 bits per heavy atom. The maximum atomic E-state index is 5.93. The highest BCUT2D eigenvalue weighted by atomic mass is 35.5. The van der Waals surface area contributed by atoms with Crippen molar-refractivity contribution in [2.75, 3.05) is 13.1 Å². The van der Waals surface area contributed by atoms with E-state index >= 15 is 0 Å². The van der Waals surface area contributed by atoms with Crippen LogP contribution in [0.5, 0.6) is 0 Å².